The minimum Gasteiger partial charge on any atom is -0.371 e. The summed E-state index contributed by atoms with van der Waals surface area (Å²) in [5.41, 5.74) is 0.900. The predicted molar refractivity (Wildman–Crippen MR) is 69.8 cm³/mol. The maximum absolute atomic E-state index is 11.2. The highest BCUT2D eigenvalue weighted by Gasteiger charge is 2.23. The van der Waals surface area contributed by atoms with Crippen LogP contribution in [0.5, 0.6) is 0 Å². The van der Waals surface area contributed by atoms with Crippen LogP contribution in [-0.4, -0.2) is 11.4 Å². The van der Waals surface area contributed by atoms with Gasteiger partial charge in [-0.3, -0.25) is 4.79 Å². The number of Topliss-reactive ketones (excluding diaryl/α,β-unsaturated/α-hetero) is 1. The fraction of sp³-hybridized carbons (Fsp3) is 0.533. The Hall–Kier alpha value is -1.15. The Morgan fingerprint density at radius 2 is 1.88 bits per heavy atom. The number of rotatable bonds is 6. The summed E-state index contributed by atoms with van der Waals surface area (Å²) in [7, 11) is 0. The van der Waals surface area contributed by atoms with E-state index < -0.39 is 0 Å². The fourth-order valence-corrected chi connectivity index (χ4v) is 1.79. The van der Waals surface area contributed by atoms with Crippen LogP contribution in [0.3, 0.4) is 0 Å². The molecule has 1 atom stereocenters. The molecule has 0 spiro atoms. The molecule has 0 radical (unpaired) electrons. The maximum atomic E-state index is 11.2. The SMILES string of the molecule is CC(=O)C(C)CC(C)(C)OCc1ccccc1. The van der Waals surface area contributed by atoms with Crippen molar-refractivity contribution in [3.05, 3.63) is 35.9 Å². The van der Waals surface area contributed by atoms with E-state index in [2.05, 4.69) is 0 Å². The second-order valence-corrected chi connectivity index (χ2v) is 5.25. The number of hydrogen-bond donors (Lipinski definition) is 0. The number of ether oxygens (including phenoxy) is 1. The van der Waals surface area contributed by atoms with Gasteiger partial charge in [0.05, 0.1) is 12.2 Å². The van der Waals surface area contributed by atoms with Gasteiger partial charge < -0.3 is 4.74 Å². The normalized spacial score (nSPS) is 13.4. The Balaban J connectivity index is 2.47. The molecule has 17 heavy (non-hydrogen) atoms. The summed E-state index contributed by atoms with van der Waals surface area (Å²) < 4.78 is 5.88. The Bertz CT molecular complexity index is 354. The third-order valence-corrected chi connectivity index (χ3v) is 2.96. The van der Waals surface area contributed by atoms with Gasteiger partial charge in [0.15, 0.2) is 0 Å². The molecule has 0 aliphatic heterocycles. The van der Waals surface area contributed by atoms with Gasteiger partial charge in [-0.15, -0.1) is 0 Å². The molecule has 1 aromatic carbocycles. The Labute approximate surface area is 104 Å². The predicted octanol–water partition coefficient (Wildman–Crippen LogP) is 3.60. The van der Waals surface area contributed by atoms with E-state index in [1.165, 1.54) is 0 Å². The molecule has 0 aliphatic carbocycles. The third-order valence-electron chi connectivity index (χ3n) is 2.96. The van der Waals surface area contributed by atoms with Gasteiger partial charge in [0, 0.05) is 5.92 Å². The Morgan fingerprint density at radius 1 is 1.29 bits per heavy atom. The molecule has 0 amide bonds. The highest BCUT2D eigenvalue weighted by Crippen LogP contribution is 2.22. The average molecular weight is 234 g/mol. The molecular weight excluding hydrogens is 212 g/mol. The molecule has 0 saturated carbocycles. The minimum absolute atomic E-state index is 0.0563. The van der Waals surface area contributed by atoms with E-state index in [9.17, 15) is 4.79 Å². The van der Waals surface area contributed by atoms with Gasteiger partial charge in [-0.1, -0.05) is 37.3 Å². The maximum Gasteiger partial charge on any atom is 0.132 e. The van der Waals surface area contributed by atoms with Crippen molar-refractivity contribution in [2.24, 2.45) is 5.92 Å². The Kier molecular flexibility index (Phi) is 4.88. The van der Waals surface area contributed by atoms with Gasteiger partial charge in [0.2, 0.25) is 0 Å². The highest BCUT2D eigenvalue weighted by molar-refractivity contribution is 5.77. The summed E-state index contributed by atoms with van der Waals surface area (Å²) in [6.07, 6.45) is 0.759. The lowest BCUT2D eigenvalue weighted by molar-refractivity contribution is -0.123. The quantitative estimate of drug-likeness (QED) is 0.751. The molecule has 0 N–H and O–H groups in total. The van der Waals surface area contributed by atoms with Gasteiger partial charge in [-0.2, -0.15) is 0 Å². The van der Waals surface area contributed by atoms with Crippen LogP contribution in [0, 0.1) is 5.92 Å². The van der Waals surface area contributed by atoms with Crippen LogP contribution in [-0.2, 0) is 16.1 Å². The van der Waals surface area contributed by atoms with E-state index in [4.69, 9.17) is 4.74 Å². The minimum atomic E-state index is -0.263. The van der Waals surface area contributed by atoms with Crippen LogP contribution in [0.15, 0.2) is 30.3 Å². The first-order valence-electron chi connectivity index (χ1n) is 6.09. The molecule has 0 saturated heterocycles. The van der Waals surface area contributed by atoms with Crippen molar-refractivity contribution in [3.63, 3.8) is 0 Å². The highest BCUT2D eigenvalue weighted by atomic mass is 16.5. The zero-order valence-corrected chi connectivity index (χ0v) is 11.2. The van der Waals surface area contributed by atoms with Gasteiger partial charge in [0.1, 0.15) is 5.78 Å². The number of ketones is 1. The molecule has 1 unspecified atom stereocenters. The Morgan fingerprint density at radius 3 is 2.41 bits per heavy atom. The van der Waals surface area contributed by atoms with Crippen LogP contribution >= 0.6 is 0 Å². The van der Waals surface area contributed by atoms with E-state index in [0.717, 1.165) is 12.0 Å². The molecule has 0 fully saturated rings. The average Bonchev–Trinajstić information content (AvgIpc) is 2.27. The van der Waals surface area contributed by atoms with E-state index in [1.807, 2.05) is 51.1 Å². The van der Waals surface area contributed by atoms with Gasteiger partial charge in [-0.05, 0) is 32.8 Å². The van der Waals surface area contributed by atoms with Crippen molar-refractivity contribution in [2.45, 2.75) is 46.3 Å². The smallest absolute Gasteiger partial charge is 0.132 e. The first-order valence-corrected chi connectivity index (χ1v) is 6.09. The molecular formula is C15H22O2. The summed E-state index contributed by atoms with van der Waals surface area (Å²) in [5, 5.41) is 0. The summed E-state index contributed by atoms with van der Waals surface area (Å²) in [6, 6.07) is 10.1. The van der Waals surface area contributed by atoms with Crippen LogP contribution in [0.4, 0.5) is 0 Å². The molecule has 2 nitrogen and oxygen atoms in total. The molecule has 1 rings (SSSR count). The van der Waals surface area contributed by atoms with E-state index in [1.54, 1.807) is 6.92 Å². The summed E-state index contributed by atoms with van der Waals surface area (Å²) in [5.74, 6) is 0.280. The molecule has 0 aliphatic rings. The monoisotopic (exact) mass is 234 g/mol. The van der Waals surface area contributed by atoms with E-state index in [-0.39, 0.29) is 17.3 Å². The van der Waals surface area contributed by atoms with Crippen molar-refractivity contribution in [1.29, 1.82) is 0 Å². The van der Waals surface area contributed by atoms with Crippen LogP contribution < -0.4 is 0 Å². The summed E-state index contributed by atoms with van der Waals surface area (Å²) in [4.78, 5) is 11.2. The van der Waals surface area contributed by atoms with Crippen LogP contribution in [0.25, 0.3) is 0 Å². The lowest BCUT2D eigenvalue weighted by Crippen LogP contribution is -2.29. The van der Waals surface area contributed by atoms with Gasteiger partial charge in [0.25, 0.3) is 0 Å². The largest absolute Gasteiger partial charge is 0.371 e. The second-order valence-electron chi connectivity index (χ2n) is 5.25. The standard InChI is InChI=1S/C15H22O2/c1-12(13(2)16)10-15(3,4)17-11-14-8-6-5-7-9-14/h5-9,12H,10-11H2,1-4H3. The first kappa shape index (κ1) is 13.9. The van der Waals surface area contributed by atoms with Crippen molar-refractivity contribution in [2.75, 3.05) is 0 Å². The van der Waals surface area contributed by atoms with Crippen LogP contribution in [0.2, 0.25) is 0 Å². The molecule has 0 bridgehead atoms. The van der Waals surface area contributed by atoms with Crippen molar-refractivity contribution in [1.82, 2.24) is 0 Å². The number of benzene rings is 1. The summed E-state index contributed by atoms with van der Waals surface area (Å²) in [6.45, 7) is 8.26. The zero-order valence-electron chi connectivity index (χ0n) is 11.2. The molecule has 2 heteroatoms. The number of hydrogen-bond acceptors (Lipinski definition) is 2. The van der Waals surface area contributed by atoms with Crippen molar-refractivity contribution >= 4 is 5.78 Å². The van der Waals surface area contributed by atoms with Crippen LogP contribution in [0.1, 0.15) is 39.7 Å². The topological polar surface area (TPSA) is 26.3 Å². The second kappa shape index (κ2) is 5.97. The molecule has 0 aromatic heterocycles. The van der Waals surface area contributed by atoms with Crippen molar-refractivity contribution < 1.29 is 9.53 Å². The first-order chi connectivity index (χ1) is 7.91. The number of carbonyl (C=O) groups is 1. The number of carbonyl (C=O) groups excluding carboxylic acids is 1. The van der Waals surface area contributed by atoms with Gasteiger partial charge >= 0.3 is 0 Å². The third kappa shape index (κ3) is 5.14. The summed E-state index contributed by atoms with van der Waals surface area (Å²) >= 11 is 0. The van der Waals surface area contributed by atoms with Gasteiger partial charge in [-0.25, -0.2) is 0 Å². The van der Waals surface area contributed by atoms with E-state index >= 15 is 0 Å². The van der Waals surface area contributed by atoms with E-state index in [0.29, 0.717) is 6.61 Å². The molecule has 1 aromatic rings. The molecule has 0 heterocycles. The lowest BCUT2D eigenvalue weighted by Gasteiger charge is -2.27. The molecule has 94 valence electrons. The lowest BCUT2D eigenvalue weighted by atomic mass is 9.92. The van der Waals surface area contributed by atoms with Crippen molar-refractivity contribution in [3.8, 4) is 0 Å². The zero-order chi connectivity index (χ0) is 12.9. The fourth-order valence-electron chi connectivity index (χ4n) is 1.79.